The number of fused-ring (bicyclic) bond motifs is 1. The van der Waals surface area contributed by atoms with E-state index in [0.29, 0.717) is 5.92 Å². The predicted octanol–water partition coefficient (Wildman–Crippen LogP) is 1.73. The Balaban J connectivity index is 1.57. The summed E-state index contributed by atoms with van der Waals surface area (Å²) in [5, 5.41) is 7.98. The molecule has 1 N–H and O–H groups in total. The third-order valence-corrected chi connectivity index (χ3v) is 3.98. The van der Waals surface area contributed by atoms with Gasteiger partial charge in [-0.3, -0.25) is 4.98 Å². The monoisotopic (exact) mass is 271 g/mol. The number of pyridine rings is 1. The molecule has 4 rings (SSSR count). The van der Waals surface area contributed by atoms with Gasteiger partial charge in [0.1, 0.15) is 6.10 Å². The molecule has 0 spiro atoms. The van der Waals surface area contributed by atoms with Crippen molar-refractivity contribution in [1.82, 2.24) is 19.7 Å². The lowest BCUT2D eigenvalue weighted by Gasteiger charge is -2.23. The van der Waals surface area contributed by atoms with Crippen LogP contribution < -0.4 is 5.32 Å². The van der Waals surface area contributed by atoms with Gasteiger partial charge in [-0.2, -0.15) is 10.1 Å². The summed E-state index contributed by atoms with van der Waals surface area (Å²) >= 11 is 0. The second kappa shape index (κ2) is 4.86. The highest BCUT2D eigenvalue weighted by Gasteiger charge is 2.27. The molecule has 2 aliphatic rings. The molecule has 2 atom stereocenters. The Kier molecular flexibility index (Phi) is 2.88. The molecule has 2 aromatic rings. The quantitative estimate of drug-likeness (QED) is 0.901. The Bertz CT molecular complexity index is 591. The summed E-state index contributed by atoms with van der Waals surface area (Å²) in [5.41, 5.74) is 1.28. The number of anilines is 1. The summed E-state index contributed by atoms with van der Waals surface area (Å²) in [7, 11) is 0. The summed E-state index contributed by atoms with van der Waals surface area (Å²) in [5.74, 6) is 2.09. The number of rotatable bonds is 2. The molecular weight excluding hydrogens is 254 g/mol. The van der Waals surface area contributed by atoms with E-state index in [9.17, 15) is 0 Å². The molecular formula is C14H17N5O. The molecule has 2 unspecified atom stereocenters. The summed E-state index contributed by atoms with van der Waals surface area (Å²) in [4.78, 5) is 8.63. The smallest absolute Gasteiger partial charge is 0.221 e. The van der Waals surface area contributed by atoms with Crippen LogP contribution >= 0.6 is 0 Å². The number of nitrogens with zero attached hydrogens (tertiary/aromatic N) is 4. The van der Waals surface area contributed by atoms with E-state index in [1.54, 1.807) is 0 Å². The zero-order valence-corrected chi connectivity index (χ0v) is 11.2. The maximum absolute atomic E-state index is 5.65. The topological polar surface area (TPSA) is 64.9 Å². The van der Waals surface area contributed by atoms with Gasteiger partial charge in [0, 0.05) is 31.5 Å². The van der Waals surface area contributed by atoms with Crippen LogP contribution in [0.4, 0.5) is 5.95 Å². The van der Waals surface area contributed by atoms with Crippen molar-refractivity contribution in [1.29, 1.82) is 0 Å². The molecule has 1 saturated heterocycles. The molecule has 1 fully saturated rings. The summed E-state index contributed by atoms with van der Waals surface area (Å²) in [6.07, 6.45) is 5.88. The van der Waals surface area contributed by atoms with E-state index in [1.807, 2.05) is 17.1 Å². The molecule has 20 heavy (non-hydrogen) atoms. The fourth-order valence-electron chi connectivity index (χ4n) is 2.88. The molecule has 0 amide bonds. The number of aromatic nitrogens is 4. The second-order valence-corrected chi connectivity index (χ2v) is 5.34. The first-order valence-corrected chi connectivity index (χ1v) is 7.10. The Labute approximate surface area is 117 Å². The van der Waals surface area contributed by atoms with Crippen LogP contribution in [-0.4, -0.2) is 32.9 Å². The lowest BCUT2D eigenvalue weighted by Crippen LogP contribution is -2.26. The van der Waals surface area contributed by atoms with Crippen LogP contribution in [0, 0.1) is 0 Å². The van der Waals surface area contributed by atoms with Crippen molar-refractivity contribution in [2.24, 2.45) is 0 Å². The van der Waals surface area contributed by atoms with Gasteiger partial charge in [0.2, 0.25) is 5.95 Å². The highest BCUT2D eigenvalue weighted by Crippen LogP contribution is 2.29. The van der Waals surface area contributed by atoms with E-state index in [-0.39, 0.29) is 6.10 Å². The van der Waals surface area contributed by atoms with Gasteiger partial charge in [0.05, 0.1) is 6.54 Å². The minimum Gasteiger partial charge on any atom is -0.370 e. The van der Waals surface area contributed by atoms with Crippen molar-refractivity contribution in [2.75, 3.05) is 18.5 Å². The lowest BCUT2D eigenvalue weighted by atomic mass is 9.99. The molecule has 0 saturated carbocycles. The second-order valence-electron chi connectivity index (χ2n) is 5.34. The van der Waals surface area contributed by atoms with Crippen LogP contribution in [0.25, 0.3) is 0 Å². The molecule has 6 heteroatoms. The third kappa shape index (κ3) is 2.06. The molecule has 0 aromatic carbocycles. The number of hydrogen-bond acceptors (Lipinski definition) is 5. The summed E-state index contributed by atoms with van der Waals surface area (Å²) in [6.45, 7) is 2.56. The average Bonchev–Trinajstić information content (AvgIpc) is 3.16. The zero-order valence-electron chi connectivity index (χ0n) is 11.2. The Hall–Kier alpha value is -1.95. The number of ether oxygens (including phenoxy) is 1. The van der Waals surface area contributed by atoms with E-state index in [4.69, 9.17) is 4.74 Å². The van der Waals surface area contributed by atoms with Crippen LogP contribution in [0.1, 0.15) is 36.3 Å². The number of nitrogens with one attached hydrogen (secondary N) is 1. The minimum absolute atomic E-state index is 0.0780. The Morgan fingerprint density at radius 3 is 3.00 bits per heavy atom. The Morgan fingerprint density at radius 1 is 1.30 bits per heavy atom. The SMILES string of the molecule is c1cc(C2CNc3nc(C4CCCO4)nn3C2)ccn1. The summed E-state index contributed by atoms with van der Waals surface area (Å²) in [6, 6.07) is 4.13. The van der Waals surface area contributed by atoms with Crippen LogP contribution in [0.15, 0.2) is 24.5 Å². The van der Waals surface area contributed by atoms with Crippen molar-refractivity contribution in [3.63, 3.8) is 0 Å². The van der Waals surface area contributed by atoms with Gasteiger partial charge < -0.3 is 10.1 Å². The lowest BCUT2D eigenvalue weighted by molar-refractivity contribution is 0.105. The molecule has 6 nitrogen and oxygen atoms in total. The standard InChI is InChI=1S/C14H17N5O/c1-2-12(20-7-1)13-17-14-16-8-11(9-19(14)18-13)10-3-5-15-6-4-10/h3-6,11-12H,1-2,7-9H2,(H,16,17,18). The van der Waals surface area contributed by atoms with Crippen LogP contribution in [0.3, 0.4) is 0 Å². The van der Waals surface area contributed by atoms with Gasteiger partial charge in [0.15, 0.2) is 5.82 Å². The van der Waals surface area contributed by atoms with Gasteiger partial charge in [-0.1, -0.05) is 0 Å². The molecule has 4 heterocycles. The third-order valence-electron chi connectivity index (χ3n) is 3.98. The van der Waals surface area contributed by atoms with Crippen LogP contribution in [0.2, 0.25) is 0 Å². The fourth-order valence-corrected chi connectivity index (χ4v) is 2.88. The minimum atomic E-state index is 0.0780. The molecule has 0 aliphatic carbocycles. The van der Waals surface area contributed by atoms with Crippen molar-refractivity contribution in [2.45, 2.75) is 31.4 Å². The van der Waals surface area contributed by atoms with Gasteiger partial charge >= 0.3 is 0 Å². The fraction of sp³-hybridized carbons (Fsp3) is 0.500. The molecule has 0 radical (unpaired) electrons. The maximum Gasteiger partial charge on any atom is 0.221 e. The highest BCUT2D eigenvalue weighted by atomic mass is 16.5. The first-order chi connectivity index (χ1) is 9.90. The van der Waals surface area contributed by atoms with E-state index in [2.05, 4.69) is 32.5 Å². The van der Waals surface area contributed by atoms with E-state index >= 15 is 0 Å². The maximum atomic E-state index is 5.65. The number of hydrogen-bond donors (Lipinski definition) is 1. The van der Waals surface area contributed by atoms with Gasteiger partial charge in [-0.15, -0.1) is 0 Å². The summed E-state index contributed by atoms with van der Waals surface area (Å²) < 4.78 is 7.62. The highest BCUT2D eigenvalue weighted by molar-refractivity contribution is 5.31. The van der Waals surface area contributed by atoms with Gasteiger partial charge in [-0.05, 0) is 30.5 Å². The normalized spacial score (nSPS) is 25.2. The zero-order chi connectivity index (χ0) is 13.4. The average molecular weight is 271 g/mol. The van der Waals surface area contributed by atoms with Gasteiger partial charge in [0.25, 0.3) is 0 Å². The van der Waals surface area contributed by atoms with Crippen LogP contribution in [-0.2, 0) is 11.3 Å². The predicted molar refractivity (Wildman–Crippen MR) is 73.4 cm³/mol. The van der Waals surface area contributed by atoms with E-state index < -0.39 is 0 Å². The molecule has 0 bridgehead atoms. The van der Waals surface area contributed by atoms with E-state index in [0.717, 1.165) is 44.3 Å². The van der Waals surface area contributed by atoms with Crippen molar-refractivity contribution in [3.8, 4) is 0 Å². The molecule has 2 aliphatic heterocycles. The van der Waals surface area contributed by atoms with Crippen molar-refractivity contribution in [3.05, 3.63) is 35.9 Å². The van der Waals surface area contributed by atoms with Crippen molar-refractivity contribution >= 4 is 5.95 Å². The molecule has 104 valence electrons. The first-order valence-electron chi connectivity index (χ1n) is 7.10. The van der Waals surface area contributed by atoms with Crippen LogP contribution in [0.5, 0.6) is 0 Å². The Morgan fingerprint density at radius 2 is 2.20 bits per heavy atom. The van der Waals surface area contributed by atoms with Crippen molar-refractivity contribution < 1.29 is 4.74 Å². The molecule has 2 aromatic heterocycles. The first kappa shape index (κ1) is 11.8. The van der Waals surface area contributed by atoms with Gasteiger partial charge in [-0.25, -0.2) is 4.68 Å². The van der Waals surface area contributed by atoms with E-state index in [1.165, 1.54) is 5.56 Å². The largest absolute Gasteiger partial charge is 0.370 e.